The molecule has 0 fully saturated rings. The first-order chi connectivity index (χ1) is 13.5. The molecule has 4 aromatic rings. The zero-order valence-electron chi connectivity index (χ0n) is 14.7. The topological polar surface area (TPSA) is 77.7 Å². The quantitative estimate of drug-likeness (QED) is 0.379. The lowest BCUT2D eigenvalue weighted by Crippen LogP contribution is -2.22. The minimum atomic E-state index is -0.565. The third-order valence-electron chi connectivity index (χ3n) is 4.27. The van der Waals surface area contributed by atoms with Crippen LogP contribution in [-0.4, -0.2) is 41.0 Å². The second kappa shape index (κ2) is 7.23. The zero-order chi connectivity index (χ0) is 19.7. The van der Waals surface area contributed by atoms with Gasteiger partial charge in [-0.1, -0.05) is 29.7 Å². The standard InChI is InChI=1S/C20H12B2N4O2/c21-12-8-23-20(24-9-12)19(28)15-11-26(10-13-4-3-7-17(22)25-13)16-6-2-1-5-14(16)18(15)27/h1-9,11H,10H2. The van der Waals surface area contributed by atoms with Crippen molar-refractivity contribution in [2.75, 3.05) is 0 Å². The zero-order valence-corrected chi connectivity index (χ0v) is 14.7. The Hall–Kier alpha value is -3.54. The van der Waals surface area contributed by atoms with Crippen LogP contribution >= 0.6 is 0 Å². The van der Waals surface area contributed by atoms with Gasteiger partial charge in [0, 0.05) is 24.0 Å². The largest absolute Gasteiger partial charge is 0.340 e. The van der Waals surface area contributed by atoms with Gasteiger partial charge in [0.15, 0.2) is 0 Å². The normalized spacial score (nSPS) is 10.9. The van der Waals surface area contributed by atoms with E-state index in [2.05, 4.69) is 15.0 Å². The average Bonchev–Trinajstić information content (AvgIpc) is 2.70. The Morgan fingerprint density at radius 2 is 1.75 bits per heavy atom. The third-order valence-corrected chi connectivity index (χ3v) is 4.27. The molecule has 0 bridgehead atoms. The highest BCUT2D eigenvalue weighted by Gasteiger charge is 2.19. The van der Waals surface area contributed by atoms with Gasteiger partial charge in [0.2, 0.25) is 17.0 Å². The highest BCUT2D eigenvalue weighted by Crippen LogP contribution is 2.14. The summed E-state index contributed by atoms with van der Waals surface area (Å²) in [4.78, 5) is 38.0. The van der Waals surface area contributed by atoms with Gasteiger partial charge >= 0.3 is 0 Å². The predicted octanol–water partition coefficient (Wildman–Crippen LogP) is 0.0534. The van der Waals surface area contributed by atoms with Gasteiger partial charge in [0.05, 0.1) is 23.3 Å². The lowest BCUT2D eigenvalue weighted by Gasteiger charge is -2.13. The summed E-state index contributed by atoms with van der Waals surface area (Å²) < 4.78 is 1.79. The molecule has 0 aliphatic rings. The lowest BCUT2D eigenvalue weighted by atomic mass is 10.0. The van der Waals surface area contributed by atoms with Crippen molar-refractivity contribution in [2.24, 2.45) is 0 Å². The van der Waals surface area contributed by atoms with Crippen molar-refractivity contribution in [3.63, 3.8) is 0 Å². The number of fused-ring (bicyclic) bond motifs is 1. The van der Waals surface area contributed by atoms with Gasteiger partial charge in [0.1, 0.15) is 15.7 Å². The van der Waals surface area contributed by atoms with Crippen molar-refractivity contribution >= 4 is 43.4 Å². The Morgan fingerprint density at radius 3 is 2.50 bits per heavy atom. The summed E-state index contributed by atoms with van der Waals surface area (Å²) in [5, 5.41) is 0.424. The minimum absolute atomic E-state index is 0.0209. The van der Waals surface area contributed by atoms with Crippen LogP contribution in [0, 0.1) is 0 Å². The predicted molar refractivity (Wildman–Crippen MR) is 108 cm³/mol. The molecule has 6 nitrogen and oxygen atoms in total. The SMILES string of the molecule is [B]c1cnc(C(=O)c2cn(Cc3cccc([B])n3)c3ccccc3c2=O)nc1. The van der Waals surface area contributed by atoms with E-state index >= 15 is 0 Å². The van der Waals surface area contributed by atoms with E-state index in [1.54, 1.807) is 28.8 Å². The Balaban J connectivity index is 1.87. The van der Waals surface area contributed by atoms with Crippen molar-refractivity contribution in [3.8, 4) is 0 Å². The molecule has 0 amide bonds. The Morgan fingerprint density at radius 1 is 1.00 bits per heavy atom. The second-order valence-electron chi connectivity index (χ2n) is 6.24. The van der Waals surface area contributed by atoms with Crippen molar-refractivity contribution in [3.05, 3.63) is 88.4 Å². The first kappa shape index (κ1) is 17.9. The molecule has 0 N–H and O–H groups in total. The van der Waals surface area contributed by atoms with Crippen molar-refractivity contribution in [2.45, 2.75) is 6.54 Å². The Labute approximate surface area is 163 Å². The average molecular weight is 362 g/mol. The fraction of sp³-hybridized carbons (Fsp3) is 0.0500. The molecular weight excluding hydrogens is 350 g/mol. The molecule has 4 radical (unpaired) electrons. The van der Waals surface area contributed by atoms with Crippen LogP contribution in [0.4, 0.5) is 0 Å². The van der Waals surface area contributed by atoms with Crippen LogP contribution in [0.1, 0.15) is 21.9 Å². The lowest BCUT2D eigenvalue weighted by molar-refractivity contribution is 0.102. The van der Waals surface area contributed by atoms with Gasteiger partial charge < -0.3 is 4.57 Å². The summed E-state index contributed by atoms with van der Waals surface area (Å²) in [5.41, 5.74) is 1.72. The van der Waals surface area contributed by atoms with E-state index in [9.17, 15) is 9.59 Å². The highest BCUT2D eigenvalue weighted by molar-refractivity contribution is 6.32. The third kappa shape index (κ3) is 3.36. The molecule has 0 atom stereocenters. The van der Waals surface area contributed by atoms with E-state index < -0.39 is 5.78 Å². The summed E-state index contributed by atoms with van der Waals surface area (Å²) in [5.74, 6) is -0.653. The smallest absolute Gasteiger partial charge is 0.235 e. The fourth-order valence-electron chi connectivity index (χ4n) is 2.97. The second-order valence-corrected chi connectivity index (χ2v) is 6.24. The van der Waals surface area contributed by atoms with E-state index in [1.807, 2.05) is 18.2 Å². The number of pyridine rings is 2. The molecule has 3 heterocycles. The number of carbonyl (C=O) groups excluding carboxylic acids is 1. The molecule has 0 aliphatic heterocycles. The van der Waals surface area contributed by atoms with E-state index in [4.69, 9.17) is 15.7 Å². The van der Waals surface area contributed by atoms with E-state index in [0.717, 1.165) is 0 Å². The summed E-state index contributed by atoms with van der Waals surface area (Å²) in [6.07, 6.45) is 4.17. The monoisotopic (exact) mass is 362 g/mol. The molecule has 0 unspecified atom stereocenters. The maximum atomic E-state index is 12.9. The van der Waals surface area contributed by atoms with Gasteiger partial charge in [-0.2, -0.15) is 0 Å². The van der Waals surface area contributed by atoms with Crippen LogP contribution in [0.2, 0.25) is 0 Å². The van der Waals surface area contributed by atoms with Crippen molar-refractivity contribution < 1.29 is 4.79 Å². The van der Waals surface area contributed by atoms with Crippen molar-refractivity contribution in [1.29, 1.82) is 0 Å². The molecule has 0 saturated carbocycles. The van der Waals surface area contributed by atoms with Crippen LogP contribution < -0.4 is 16.5 Å². The molecule has 0 aliphatic carbocycles. The van der Waals surface area contributed by atoms with Crippen LogP contribution in [0.3, 0.4) is 0 Å². The van der Waals surface area contributed by atoms with Crippen LogP contribution in [0.25, 0.3) is 10.9 Å². The van der Waals surface area contributed by atoms with Crippen LogP contribution in [0.15, 0.2) is 65.8 Å². The first-order valence-corrected chi connectivity index (χ1v) is 8.49. The molecule has 0 spiro atoms. The summed E-state index contributed by atoms with van der Waals surface area (Å²) in [7, 11) is 11.3. The number of hydrogen-bond donors (Lipinski definition) is 0. The van der Waals surface area contributed by atoms with E-state index in [1.165, 1.54) is 18.6 Å². The van der Waals surface area contributed by atoms with E-state index in [0.29, 0.717) is 34.2 Å². The number of carbonyl (C=O) groups is 1. The molecule has 4 rings (SSSR count). The number of rotatable bonds is 4. The van der Waals surface area contributed by atoms with E-state index in [-0.39, 0.29) is 16.8 Å². The van der Waals surface area contributed by atoms with Crippen molar-refractivity contribution in [1.82, 2.24) is 19.5 Å². The first-order valence-electron chi connectivity index (χ1n) is 8.49. The maximum absolute atomic E-state index is 12.9. The molecule has 0 saturated heterocycles. The highest BCUT2D eigenvalue weighted by atomic mass is 16.1. The number of aromatic nitrogens is 4. The molecule has 28 heavy (non-hydrogen) atoms. The minimum Gasteiger partial charge on any atom is -0.340 e. The Kier molecular flexibility index (Phi) is 4.61. The summed E-state index contributed by atoms with van der Waals surface area (Å²) in [6, 6.07) is 12.4. The summed E-state index contributed by atoms with van der Waals surface area (Å²) >= 11 is 0. The van der Waals surface area contributed by atoms with Crippen LogP contribution in [-0.2, 0) is 6.54 Å². The molecule has 1 aromatic carbocycles. The summed E-state index contributed by atoms with van der Waals surface area (Å²) in [6.45, 7) is 0.342. The fourth-order valence-corrected chi connectivity index (χ4v) is 2.97. The van der Waals surface area contributed by atoms with Gasteiger partial charge in [-0.15, -0.1) is 0 Å². The van der Waals surface area contributed by atoms with Gasteiger partial charge in [-0.25, -0.2) is 9.97 Å². The number of ketones is 1. The Bertz CT molecular complexity index is 1250. The molecule has 3 aromatic heterocycles. The van der Waals surface area contributed by atoms with Crippen LogP contribution in [0.5, 0.6) is 0 Å². The molecule has 130 valence electrons. The van der Waals surface area contributed by atoms with Gasteiger partial charge in [0.25, 0.3) is 0 Å². The molecule has 8 heteroatoms. The van der Waals surface area contributed by atoms with Gasteiger partial charge in [-0.05, 0) is 23.8 Å². The van der Waals surface area contributed by atoms with Gasteiger partial charge in [-0.3, -0.25) is 14.6 Å². The maximum Gasteiger partial charge on any atom is 0.235 e. The number of para-hydroxylation sites is 1. The molecular formula is C20H12B2N4O2. The number of hydrogen-bond acceptors (Lipinski definition) is 5. The number of nitrogens with zero attached hydrogens (tertiary/aromatic N) is 4. The number of benzene rings is 1.